The van der Waals surface area contributed by atoms with Crippen LogP contribution in [-0.2, 0) is 10.0 Å². The lowest BCUT2D eigenvalue weighted by atomic mass is 10.2. The van der Waals surface area contributed by atoms with Gasteiger partial charge in [0.25, 0.3) is 0 Å². The lowest BCUT2D eigenvalue weighted by Gasteiger charge is -2.37. The highest BCUT2D eigenvalue weighted by Gasteiger charge is 2.43. The summed E-state index contributed by atoms with van der Waals surface area (Å²) in [5.74, 6) is 0. The molecule has 0 unspecified atom stereocenters. The van der Waals surface area contributed by atoms with Crippen molar-refractivity contribution in [3.63, 3.8) is 0 Å². The molecule has 2 saturated heterocycles. The second kappa shape index (κ2) is 2.93. The van der Waals surface area contributed by atoms with E-state index in [0.29, 0.717) is 0 Å². The van der Waals surface area contributed by atoms with Crippen LogP contribution >= 0.6 is 0 Å². The first-order chi connectivity index (χ1) is 5.98. The standard InChI is InChI=1S/C8H16N2O2S/c1-9-5-7-3-4-8(6-9)10(7)13(2,11)12/h7-8H,3-6H2,1-2H3/t7-,8+. The summed E-state index contributed by atoms with van der Waals surface area (Å²) >= 11 is 0. The molecule has 5 heteroatoms. The fraction of sp³-hybridized carbons (Fsp3) is 1.00. The molecular weight excluding hydrogens is 188 g/mol. The van der Waals surface area contributed by atoms with E-state index < -0.39 is 10.0 Å². The lowest BCUT2D eigenvalue weighted by molar-refractivity contribution is 0.155. The molecule has 0 aromatic heterocycles. The molecule has 13 heavy (non-hydrogen) atoms. The Morgan fingerprint density at radius 1 is 1.15 bits per heavy atom. The molecular formula is C8H16N2O2S. The van der Waals surface area contributed by atoms with Gasteiger partial charge in [-0.1, -0.05) is 0 Å². The largest absolute Gasteiger partial charge is 0.303 e. The topological polar surface area (TPSA) is 40.6 Å². The van der Waals surface area contributed by atoms with E-state index >= 15 is 0 Å². The molecule has 2 rings (SSSR count). The van der Waals surface area contributed by atoms with E-state index in [4.69, 9.17) is 0 Å². The molecule has 4 nitrogen and oxygen atoms in total. The maximum Gasteiger partial charge on any atom is 0.211 e. The number of hydrogen-bond acceptors (Lipinski definition) is 3. The highest BCUT2D eigenvalue weighted by molar-refractivity contribution is 7.88. The predicted molar refractivity (Wildman–Crippen MR) is 51.0 cm³/mol. The van der Waals surface area contributed by atoms with Crippen LogP contribution in [0.2, 0.25) is 0 Å². The Balaban J connectivity index is 2.25. The average Bonchev–Trinajstić information content (AvgIpc) is 2.23. The number of sulfonamides is 1. The summed E-state index contributed by atoms with van der Waals surface area (Å²) in [7, 11) is -0.918. The number of rotatable bonds is 1. The normalized spacial score (nSPS) is 36.8. The van der Waals surface area contributed by atoms with Gasteiger partial charge >= 0.3 is 0 Å². The highest BCUT2D eigenvalue weighted by Crippen LogP contribution is 2.31. The average molecular weight is 204 g/mol. The first-order valence-corrected chi connectivity index (χ1v) is 6.50. The van der Waals surface area contributed by atoms with Crippen molar-refractivity contribution < 1.29 is 8.42 Å². The SMILES string of the molecule is CN1C[C@H]2CC[C@@H](C1)N2S(C)(=O)=O. The highest BCUT2D eigenvalue weighted by atomic mass is 32.2. The minimum atomic E-state index is -2.98. The van der Waals surface area contributed by atoms with Gasteiger partial charge in [0.1, 0.15) is 0 Å². The summed E-state index contributed by atoms with van der Waals surface area (Å²) in [5, 5.41) is 0. The van der Waals surface area contributed by atoms with Crippen LogP contribution in [0.15, 0.2) is 0 Å². The van der Waals surface area contributed by atoms with E-state index in [1.807, 2.05) is 0 Å². The van der Waals surface area contributed by atoms with Crippen molar-refractivity contribution in [3.8, 4) is 0 Å². The van der Waals surface area contributed by atoms with Crippen LogP contribution in [0.25, 0.3) is 0 Å². The summed E-state index contributed by atoms with van der Waals surface area (Å²) in [6.07, 6.45) is 3.38. The Hall–Kier alpha value is -0.130. The van der Waals surface area contributed by atoms with Gasteiger partial charge in [0.2, 0.25) is 10.0 Å². The Bertz CT molecular complexity index is 287. The second-order valence-corrected chi connectivity index (χ2v) is 6.09. The van der Waals surface area contributed by atoms with E-state index in [0.717, 1.165) is 25.9 Å². The molecule has 0 aromatic carbocycles. The van der Waals surface area contributed by atoms with E-state index in [-0.39, 0.29) is 12.1 Å². The van der Waals surface area contributed by atoms with Crippen LogP contribution in [0.5, 0.6) is 0 Å². The number of likely N-dealkylation sites (tertiary alicyclic amines) is 1. The summed E-state index contributed by atoms with van der Waals surface area (Å²) in [6, 6.07) is 0.470. The maximum absolute atomic E-state index is 11.5. The third-order valence-corrected chi connectivity index (χ3v) is 4.34. The molecule has 0 radical (unpaired) electrons. The van der Waals surface area contributed by atoms with Crippen molar-refractivity contribution in [2.24, 2.45) is 0 Å². The fourth-order valence-electron chi connectivity index (χ4n) is 2.62. The third-order valence-electron chi connectivity index (χ3n) is 2.98. The van der Waals surface area contributed by atoms with Crippen molar-refractivity contribution in [1.82, 2.24) is 9.21 Å². The van der Waals surface area contributed by atoms with Crippen LogP contribution in [-0.4, -0.2) is 56.1 Å². The molecule has 0 aromatic rings. The van der Waals surface area contributed by atoms with Crippen LogP contribution in [0.4, 0.5) is 0 Å². The molecule has 0 N–H and O–H groups in total. The minimum absolute atomic E-state index is 0.235. The zero-order chi connectivity index (χ0) is 9.64. The zero-order valence-electron chi connectivity index (χ0n) is 8.10. The van der Waals surface area contributed by atoms with Crippen molar-refractivity contribution in [1.29, 1.82) is 0 Å². The molecule has 2 fully saturated rings. The van der Waals surface area contributed by atoms with Gasteiger partial charge in [0, 0.05) is 25.2 Å². The number of hydrogen-bond donors (Lipinski definition) is 0. The van der Waals surface area contributed by atoms with E-state index in [2.05, 4.69) is 11.9 Å². The summed E-state index contributed by atoms with van der Waals surface area (Å²) in [6.45, 7) is 1.78. The quantitative estimate of drug-likeness (QED) is 0.590. The van der Waals surface area contributed by atoms with Gasteiger partial charge < -0.3 is 4.90 Å². The Morgan fingerprint density at radius 3 is 2.00 bits per heavy atom. The van der Waals surface area contributed by atoms with Gasteiger partial charge in [0.15, 0.2) is 0 Å². The molecule has 0 amide bonds. The molecule has 2 aliphatic heterocycles. The molecule has 2 bridgehead atoms. The summed E-state index contributed by atoms with van der Waals surface area (Å²) in [4.78, 5) is 2.23. The molecule has 0 aliphatic carbocycles. The molecule has 2 heterocycles. The summed E-state index contributed by atoms with van der Waals surface area (Å²) < 4.78 is 24.6. The van der Waals surface area contributed by atoms with Gasteiger partial charge in [0.05, 0.1) is 6.26 Å². The predicted octanol–water partition coefficient (Wildman–Crippen LogP) is -0.276. The fourth-order valence-corrected chi connectivity index (χ4v) is 4.04. The van der Waals surface area contributed by atoms with Crippen molar-refractivity contribution in [3.05, 3.63) is 0 Å². The van der Waals surface area contributed by atoms with Gasteiger partial charge in [-0.15, -0.1) is 0 Å². The van der Waals surface area contributed by atoms with Crippen LogP contribution in [0, 0.1) is 0 Å². The molecule has 2 atom stereocenters. The monoisotopic (exact) mass is 204 g/mol. The lowest BCUT2D eigenvalue weighted by Crippen LogP contribution is -2.54. The molecule has 0 spiro atoms. The van der Waals surface area contributed by atoms with Crippen molar-refractivity contribution in [2.45, 2.75) is 24.9 Å². The van der Waals surface area contributed by atoms with Gasteiger partial charge in [-0.2, -0.15) is 4.31 Å². The van der Waals surface area contributed by atoms with E-state index in [1.54, 1.807) is 4.31 Å². The molecule has 2 aliphatic rings. The molecule has 0 saturated carbocycles. The van der Waals surface area contributed by atoms with Gasteiger partial charge in [-0.3, -0.25) is 0 Å². The van der Waals surface area contributed by atoms with Crippen LogP contribution in [0.1, 0.15) is 12.8 Å². The third kappa shape index (κ3) is 1.60. The van der Waals surface area contributed by atoms with Crippen molar-refractivity contribution >= 4 is 10.0 Å². The number of nitrogens with zero attached hydrogens (tertiary/aromatic N) is 2. The van der Waals surface area contributed by atoms with Crippen LogP contribution in [0.3, 0.4) is 0 Å². The number of likely N-dealkylation sites (N-methyl/N-ethyl adjacent to an activating group) is 1. The van der Waals surface area contributed by atoms with E-state index in [9.17, 15) is 8.42 Å². The smallest absolute Gasteiger partial charge is 0.211 e. The van der Waals surface area contributed by atoms with Crippen molar-refractivity contribution in [2.75, 3.05) is 26.4 Å². The first-order valence-electron chi connectivity index (χ1n) is 4.65. The zero-order valence-corrected chi connectivity index (χ0v) is 8.92. The number of piperazine rings is 1. The Morgan fingerprint density at radius 2 is 1.62 bits per heavy atom. The van der Waals surface area contributed by atoms with Gasteiger partial charge in [-0.05, 0) is 19.9 Å². The minimum Gasteiger partial charge on any atom is -0.303 e. The number of fused-ring (bicyclic) bond motifs is 2. The van der Waals surface area contributed by atoms with Gasteiger partial charge in [-0.25, -0.2) is 8.42 Å². The maximum atomic E-state index is 11.5. The Labute approximate surface area is 79.6 Å². The van der Waals surface area contributed by atoms with E-state index in [1.165, 1.54) is 6.26 Å². The summed E-state index contributed by atoms with van der Waals surface area (Å²) in [5.41, 5.74) is 0. The second-order valence-electron chi connectivity index (χ2n) is 4.20. The molecule has 76 valence electrons. The van der Waals surface area contributed by atoms with Crippen LogP contribution < -0.4 is 0 Å². The Kier molecular flexibility index (Phi) is 2.13. The first kappa shape index (κ1) is 9.43.